The summed E-state index contributed by atoms with van der Waals surface area (Å²) in [5.41, 5.74) is 0. The molecule has 1 aromatic rings. The summed E-state index contributed by atoms with van der Waals surface area (Å²) in [5.74, 6) is 2.42. The van der Waals surface area contributed by atoms with E-state index in [4.69, 9.17) is 22.8 Å². The fourth-order valence-corrected chi connectivity index (χ4v) is 4.33. The first kappa shape index (κ1) is 16.4. The molecule has 1 saturated carbocycles. The molecule has 1 aliphatic carbocycles. The number of aliphatic hydroxyl groups excluding tert-OH is 1. The summed E-state index contributed by atoms with van der Waals surface area (Å²) in [6.07, 6.45) is 8.32. The van der Waals surface area contributed by atoms with Crippen LogP contribution in [0.3, 0.4) is 0 Å². The Kier molecular flexibility index (Phi) is 5.69. The SMILES string of the molecule is C#C[C@@H]1C(CCCc2ccc(C(=O)OC)s2)C(Cl)C[C@H]1O. The van der Waals surface area contributed by atoms with Crippen molar-refractivity contribution in [3.05, 3.63) is 21.9 Å². The van der Waals surface area contributed by atoms with Gasteiger partial charge in [0.2, 0.25) is 0 Å². The number of carbonyl (C=O) groups excluding carboxylic acids is 1. The van der Waals surface area contributed by atoms with Gasteiger partial charge in [-0.25, -0.2) is 4.79 Å². The molecule has 114 valence electrons. The molecule has 5 heteroatoms. The molecule has 1 aliphatic rings. The van der Waals surface area contributed by atoms with E-state index in [2.05, 4.69) is 5.92 Å². The fraction of sp³-hybridized carbons (Fsp3) is 0.562. The van der Waals surface area contributed by atoms with Crippen molar-refractivity contribution >= 4 is 28.9 Å². The lowest BCUT2D eigenvalue weighted by molar-refractivity contribution is 0.0606. The Bertz CT molecular complexity index is 534. The van der Waals surface area contributed by atoms with E-state index in [1.807, 2.05) is 6.07 Å². The van der Waals surface area contributed by atoms with Crippen LogP contribution in [0, 0.1) is 24.2 Å². The first-order valence-corrected chi connectivity index (χ1v) is 8.27. The maximum atomic E-state index is 11.4. The van der Waals surface area contributed by atoms with Crippen LogP contribution in [0.1, 0.15) is 33.8 Å². The Morgan fingerprint density at radius 1 is 1.62 bits per heavy atom. The maximum absolute atomic E-state index is 11.4. The number of hydrogen-bond donors (Lipinski definition) is 1. The number of methoxy groups -OCH3 is 1. The van der Waals surface area contributed by atoms with E-state index in [0.29, 0.717) is 11.3 Å². The Labute approximate surface area is 134 Å². The van der Waals surface area contributed by atoms with E-state index >= 15 is 0 Å². The predicted molar refractivity (Wildman–Crippen MR) is 84.7 cm³/mol. The molecule has 0 saturated heterocycles. The number of ether oxygens (including phenoxy) is 1. The second kappa shape index (κ2) is 7.31. The molecule has 1 fully saturated rings. The van der Waals surface area contributed by atoms with Gasteiger partial charge in [0, 0.05) is 10.3 Å². The molecule has 0 bridgehead atoms. The van der Waals surface area contributed by atoms with Gasteiger partial charge in [0.15, 0.2) is 0 Å². The number of alkyl halides is 1. The van der Waals surface area contributed by atoms with Crippen molar-refractivity contribution in [3.63, 3.8) is 0 Å². The summed E-state index contributed by atoms with van der Waals surface area (Å²) >= 11 is 7.74. The second-order valence-electron chi connectivity index (χ2n) is 5.33. The third-order valence-electron chi connectivity index (χ3n) is 4.01. The van der Waals surface area contributed by atoms with Crippen LogP contribution in [0.4, 0.5) is 0 Å². The van der Waals surface area contributed by atoms with Gasteiger partial charge in [-0.1, -0.05) is 0 Å². The molecule has 3 nitrogen and oxygen atoms in total. The molecule has 0 amide bonds. The van der Waals surface area contributed by atoms with Crippen LogP contribution in [0.25, 0.3) is 0 Å². The molecule has 1 aromatic heterocycles. The van der Waals surface area contributed by atoms with E-state index in [-0.39, 0.29) is 23.2 Å². The van der Waals surface area contributed by atoms with Gasteiger partial charge in [-0.3, -0.25) is 0 Å². The smallest absolute Gasteiger partial charge is 0.348 e. The molecule has 1 N–H and O–H groups in total. The molecule has 4 atom stereocenters. The minimum Gasteiger partial charge on any atom is -0.465 e. The zero-order valence-corrected chi connectivity index (χ0v) is 13.5. The number of aliphatic hydroxyl groups is 1. The summed E-state index contributed by atoms with van der Waals surface area (Å²) < 4.78 is 4.69. The van der Waals surface area contributed by atoms with Gasteiger partial charge < -0.3 is 9.84 Å². The molecular weight excluding hydrogens is 308 g/mol. The number of carbonyl (C=O) groups is 1. The normalized spacial score (nSPS) is 28.3. The van der Waals surface area contributed by atoms with Crippen molar-refractivity contribution < 1.29 is 14.6 Å². The first-order valence-electron chi connectivity index (χ1n) is 7.02. The average Bonchev–Trinajstić information content (AvgIpc) is 3.03. The van der Waals surface area contributed by atoms with E-state index in [1.54, 1.807) is 6.07 Å². The number of rotatable bonds is 5. The molecule has 2 rings (SSSR count). The van der Waals surface area contributed by atoms with Gasteiger partial charge in [0.1, 0.15) is 4.88 Å². The van der Waals surface area contributed by atoms with Crippen molar-refractivity contribution in [3.8, 4) is 12.3 Å². The lowest BCUT2D eigenvalue weighted by atomic mass is 9.90. The lowest BCUT2D eigenvalue weighted by Crippen LogP contribution is -2.19. The van der Waals surface area contributed by atoms with Crippen LogP contribution in [0.15, 0.2) is 12.1 Å². The summed E-state index contributed by atoms with van der Waals surface area (Å²) in [4.78, 5) is 13.2. The monoisotopic (exact) mass is 326 g/mol. The van der Waals surface area contributed by atoms with Crippen molar-refractivity contribution in [2.24, 2.45) is 11.8 Å². The van der Waals surface area contributed by atoms with Gasteiger partial charge in [0.05, 0.1) is 19.1 Å². The number of terminal acetylenes is 1. The van der Waals surface area contributed by atoms with Gasteiger partial charge in [-0.05, 0) is 43.7 Å². The highest BCUT2D eigenvalue weighted by molar-refractivity contribution is 7.13. The lowest BCUT2D eigenvalue weighted by Gasteiger charge is -2.18. The Morgan fingerprint density at radius 3 is 3.05 bits per heavy atom. The molecule has 21 heavy (non-hydrogen) atoms. The number of aryl methyl sites for hydroxylation is 1. The molecular formula is C16H19ClO3S. The van der Waals surface area contributed by atoms with E-state index in [9.17, 15) is 9.90 Å². The van der Waals surface area contributed by atoms with Crippen molar-refractivity contribution in [1.29, 1.82) is 0 Å². The largest absolute Gasteiger partial charge is 0.465 e. The van der Waals surface area contributed by atoms with Crippen LogP contribution >= 0.6 is 22.9 Å². The van der Waals surface area contributed by atoms with Crippen LogP contribution in [-0.2, 0) is 11.2 Å². The quantitative estimate of drug-likeness (QED) is 0.514. The molecule has 0 aliphatic heterocycles. The Balaban J connectivity index is 1.85. The molecule has 0 radical (unpaired) electrons. The third-order valence-corrected chi connectivity index (χ3v) is 5.64. The Hall–Kier alpha value is -1.02. The van der Waals surface area contributed by atoms with Crippen molar-refractivity contribution in [1.82, 2.24) is 0 Å². The Morgan fingerprint density at radius 2 is 2.38 bits per heavy atom. The molecule has 0 spiro atoms. The molecule has 1 heterocycles. The zero-order valence-electron chi connectivity index (χ0n) is 11.9. The number of thiophene rings is 1. The average molecular weight is 327 g/mol. The van der Waals surface area contributed by atoms with Crippen LogP contribution < -0.4 is 0 Å². The highest BCUT2D eigenvalue weighted by atomic mass is 35.5. The van der Waals surface area contributed by atoms with Crippen LogP contribution in [0.2, 0.25) is 0 Å². The minimum atomic E-state index is -0.477. The van der Waals surface area contributed by atoms with E-state index in [1.165, 1.54) is 18.4 Å². The standard InChI is InChI=1S/C16H19ClO3S/c1-3-11-12(13(17)9-14(11)18)6-4-5-10-7-8-15(21-10)16(19)20-2/h1,7-8,11-14,18H,4-6,9H2,2H3/t11-,12?,13?,14-/m1/s1. The van der Waals surface area contributed by atoms with Gasteiger partial charge in [-0.2, -0.15) is 0 Å². The number of hydrogen-bond acceptors (Lipinski definition) is 4. The summed E-state index contributed by atoms with van der Waals surface area (Å²) in [6, 6.07) is 3.75. The highest BCUT2D eigenvalue weighted by Gasteiger charge is 2.40. The fourth-order valence-electron chi connectivity index (χ4n) is 2.89. The topological polar surface area (TPSA) is 46.5 Å². The van der Waals surface area contributed by atoms with Gasteiger partial charge in [0.25, 0.3) is 0 Å². The van der Waals surface area contributed by atoms with E-state index in [0.717, 1.165) is 24.1 Å². The van der Waals surface area contributed by atoms with Crippen LogP contribution in [-0.4, -0.2) is 29.7 Å². The number of halogens is 1. The minimum absolute atomic E-state index is 0.0463. The van der Waals surface area contributed by atoms with Crippen molar-refractivity contribution in [2.45, 2.75) is 37.2 Å². The molecule has 0 aromatic carbocycles. The van der Waals surface area contributed by atoms with Gasteiger partial charge >= 0.3 is 5.97 Å². The highest BCUT2D eigenvalue weighted by Crippen LogP contribution is 2.38. The van der Waals surface area contributed by atoms with Gasteiger partial charge in [-0.15, -0.1) is 35.3 Å². The maximum Gasteiger partial charge on any atom is 0.348 e. The summed E-state index contributed by atoms with van der Waals surface area (Å²) in [6.45, 7) is 0. The summed E-state index contributed by atoms with van der Waals surface area (Å²) in [7, 11) is 1.38. The van der Waals surface area contributed by atoms with Crippen molar-refractivity contribution in [2.75, 3.05) is 7.11 Å². The first-order chi connectivity index (χ1) is 10.1. The third kappa shape index (κ3) is 3.79. The molecule has 2 unspecified atom stereocenters. The van der Waals surface area contributed by atoms with E-state index < -0.39 is 6.10 Å². The zero-order chi connectivity index (χ0) is 15.4. The second-order valence-corrected chi connectivity index (χ2v) is 7.05. The number of esters is 1. The predicted octanol–water partition coefficient (Wildman–Crippen LogP) is 3.10. The van der Waals surface area contributed by atoms with Crippen LogP contribution in [0.5, 0.6) is 0 Å². The summed E-state index contributed by atoms with van der Waals surface area (Å²) in [5, 5.41) is 9.82.